The Balaban J connectivity index is 1.54. The molecule has 10 heteroatoms. The monoisotopic (exact) mass is 543 g/mol. The summed E-state index contributed by atoms with van der Waals surface area (Å²) in [7, 11) is -4.62. The summed E-state index contributed by atoms with van der Waals surface area (Å²) < 4.78 is 73.0. The van der Waals surface area contributed by atoms with Gasteiger partial charge in [-0.15, -0.1) is 5.10 Å². The van der Waals surface area contributed by atoms with Crippen LogP contribution in [0.4, 0.5) is 13.2 Å². The van der Waals surface area contributed by atoms with E-state index in [2.05, 4.69) is 15.5 Å². The molecule has 2 aliphatic rings. The molecule has 0 atom stereocenters. The van der Waals surface area contributed by atoms with Crippen molar-refractivity contribution in [3.63, 3.8) is 0 Å². The molecule has 1 heterocycles. The predicted octanol–water partition coefficient (Wildman–Crippen LogP) is 5.34. The van der Waals surface area contributed by atoms with Gasteiger partial charge in [-0.05, 0) is 81.0 Å². The Hall–Kier alpha value is -3.27. The van der Waals surface area contributed by atoms with Gasteiger partial charge in [0, 0.05) is 5.56 Å². The minimum Gasteiger partial charge on any atom is -0.346 e. The van der Waals surface area contributed by atoms with Crippen LogP contribution >= 0.6 is 0 Å². The molecule has 0 radical (unpaired) electrons. The lowest BCUT2D eigenvalue weighted by Gasteiger charge is -2.22. The number of fused-ring (bicyclic) bond motifs is 1. The third-order valence-electron chi connectivity index (χ3n) is 7.24. The highest BCUT2D eigenvalue weighted by Crippen LogP contribution is 2.43. The van der Waals surface area contributed by atoms with Gasteiger partial charge in [-0.2, -0.15) is 13.9 Å². The van der Waals surface area contributed by atoms with Crippen LogP contribution < -0.4 is 5.32 Å². The molecule has 0 bridgehead atoms. The van der Waals surface area contributed by atoms with Crippen molar-refractivity contribution in [3.8, 4) is 0 Å². The Kier molecular flexibility index (Phi) is 6.79. The zero-order valence-electron chi connectivity index (χ0n) is 21.2. The number of aryl methyl sites for hydroxylation is 3. The summed E-state index contributed by atoms with van der Waals surface area (Å²) in [6.45, 7) is 2.31. The van der Waals surface area contributed by atoms with Gasteiger partial charge < -0.3 is 5.32 Å². The number of alkyl halides is 2. The lowest BCUT2D eigenvalue weighted by atomic mass is 9.93. The SMILES string of the molecule is Cc1ccc(C(F)(F)CNC(=O)c2c(S(=O)(=O)c3cccc(C4CC4)c3F)nnc3c2CCCC3)c(C)c1. The maximum atomic E-state index is 15.3. The molecule has 1 amide bonds. The van der Waals surface area contributed by atoms with Crippen molar-refractivity contribution in [1.29, 1.82) is 0 Å². The number of nitrogens with one attached hydrogen (secondary N) is 1. The van der Waals surface area contributed by atoms with Crippen molar-refractivity contribution in [2.75, 3.05) is 6.54 Å². The molecular formula is C28H28F3N3O3S. The second-order valence-electron chi connectivity index (χ2n) is 10.2. The highest BCUT2D eigenvalue weighted by atomic mass is 32.2. The molecule has 2 aromatic carbocycles. The fourth-order valence-electron chi connectivity index (χ4n) is 5.12. The summed E-state index contributed by atoms with van der Waals surface area (Å²) in [5.41, 5.74) is 1.75. The smallest absolute Gasteiger partial charge is 0.290 e. The van der Waals surface area contributed by atoms with E-state index in [-0.39, 0.29) is 17.0 Å². The van der Waals surface area contributed by atoms with E-state index in [4.69, 9.17) is 0 Å². The molecular weight excluding hydrogens is 515 g/mol. The Morgan fingerprint density at radius 2 is 1.82 bits per heavy atom. The Morgan fingerprint density at radius 1 is 1.08 bits per heavy atom. The fraction of sp³-hybridized carbons (Fsp3) is 0.393. The van der Waals surface area contributed by atoms with Gasteiger partial charge in [0.1, 0.15) is 10.7 Å². The first-order valence-corrected chi connectivity index (χ1v) is 14.1. The average Bonchev–Trinajstić information content (AvgIpc) is 3.72. The van der Waals surface area contributed by atoms with Crippen LogP contribution in [0.3, 0.4) is 0 Å². The van der Waals surface area contributed by atoms with E-state index in [1.165, 1.54) is 12.1 Å². The Morgan fingerprint density at radius 3 is 2.53 bits per heavy atom. The normalized spacial score (nSPS) is 15.7. The molecule has 1 saturated carbocycles. The van der Waals surface area contributed by atoms with Crippen molar-refractivity contribution >= 4 is 15.7 Å². The van der Waals surface area contributed by atoms with Crippen LogP contribution in [0.15, 0.2) is 46.3 Å². The van der Waals surface area contributed by atoms with E-state index in [0.717, 1.165) is 30.9 Å². The number of carbonyl (C=O) groups excluding carboxylic acids is 1. The molecule has 1 N–H and O–H groups in total. The number of sulfone groups is 1. The number of aromatic nitrogens is 2. The van der Waals surface area contributed by atoms with Crippen LogP contribution in [0.1, 0.15) is 75.5 Å². The van der Waals surface area contributed by atoms with E-state index < -0.39 is 44.0 Å². The van der Waals surface area contributed by atoms with Crippen molar-refractivity contribution in [2.24, 2.45) is 0 Å². The molecule has 2 aliphatic carbocycles. The first-order chi connectivity index (χ1) is 18.0. The second-order valence-corrected chi connectivity index (χ2v) is 12.0. The summed E-state index contributed by atoms with van der Waals surface area (Å²) in [6, 6.07) is 8.65. The fourth-order valence-corrected chi connectivity index (χ4v) is 6.58. The number of halogens is 3. The number of hydrogen-bond donors (Lipinski definition) is 1. The molecule has 0 saturated heterocycles. The van der Waals surface area contributed by atoms with Crippen molar-refractivity contribution in [3.05, 3.63) is 81.3 Å². The lowest BCUT2D eigenvalue weighted by molar-refractivity contribution is -0.00312. The molecule has 200 valence electrons. The number of amides is 1. The van der Waals surface area contributed by atoms with Crippen LogP contribution in [0.2, 0.25) is 0 Å². The molecule has 1 fully saturated rings. The maximum Gasteiger partial charge on any atom is 0.290 e. The van der Waals surface area contributed by atoms with Gasteiger partial charge in [0.15, 0.2) is 5.03 Å². The summed E-state index contributed by atoms with van der Waals surface area (Å²) in [5.74, 6) is -5.32. The van der Waals surface area contributed by atoms with Crippen molar-refractivity contribution in [1.82, 2.24) is 15.5 Å². The molecule has 0 spiro atoms. The predicted molar refractivity (Wildman–Crippen MR) is 135 cm³/mol. The third kappa shape index (κ3) is 4.81. The Bertz CT molecular complexity index is 1540. The van der Waals surface area contributed by atoms with E-state index >= 15 is 13.2 Å². The van der Waals surface area contributed by atoms with Gasteiger partial charge in [-0.25, -0.2) is 12.8 Å². The topological polar surface area (TPSA) is 89.0 Å². The summed E-state index contributed by atoms with van der Waals surface area (Å²) >= 11 is 0. The molecule has 0 aliphatic heterocycles. The van der Waals surface area contributed by atoms with E-state index in [0.29, 0.717) is 41.6 Å². The highest BCUT2D eigenvalue weighted by molar-refractivity contribution is 7.91. The van der Waals surface area contributed by atoms with Gasteiger partial charge in [-0.3, -0.25) is 4.79 Å². The molecule has 5 rings (SSSR count). The minimum atomic E-state index is -4.62. The van der Waals surface area contributed by atoms with Gasteiger partial charge in [0.2, 0.25) is 9.84 Å². The van der Waals surface area contributed by atoms with Gasteiger partial charge in [0.25, 0.3) is 11.8 Å². The lowest BCUT2D eigenvalue weighted by Crippen LogP contribution is -2.37. The number of benzene rings is 2. The largest absolute Gasteiger partial charge is 0.346 e. The number of hydrogen-bond acceptors (Lipinski definition) is 5. The molecule has 1 aromatic heterocycles. The number of carbonyl (C=O) groups is 1. The van der Waals surface area contributed by atoms with E-state index in [1.54, 1.807) is 32.0 Å². The van der Waals surface area contributed by atoms with Gasteiger partial charge in [0.05, 0.1) is 17.8 Å². The van der Waals surface area contributed by atoms with E-state index in [9.17, 15) is 13.2 Å². The van der Waals surface area contributed by atoms with Crippen LogP contribution in [0.5, 0.6) is 0 Å². The van der Waals surface area contributed by atoms with E-state index in [1.807, 2.05) is 0 Å². The molecule has 0 unspecified atom stereocenters. The molecule has 38 heavy (non-hydrogen) atoms. The first kappa shape index (κ1) is 26.3. The minimum absolute atomic E-state index is 0.0463. The molecule has 6 nitrogen and oxygen atoms in total. The second kappa shape index (κ2) is 9.80. The summed E-state index contributed by atoms with van der Waals surface area (Å²) in [6.07, 6.45) is 3.80. The van der Waals surface area contributed by atoms with Crippen LogP contribution in [0.25, 0.3) is 0 Å². The van der Waals surface area contributed by atoms with Crippen molar-refractivity contribution < 1.29 is 26.4 Å². The van der Waals surface area contributed by atoms with Gasteiger partial charge >= 0.3 is 0 Å². The van der Waals surface area contributed by atoms with Crippen molar-refractivity contribution in [2.45, 2.75) is 74.1 Å². The zero-order chi connectivity index (χ0) is 27.2. The Labute approximate surface area is 219 Å². The standard InChI is InChI=1S/C28H28F3N3O3S/c1-16-10-13-21(17(2)14-16)28(30,31)15-32-26(35)24-20-6-3-4-8-22(20)33-34-27(24)38(36,37)23-9-5-7-19(25(23)29)18-11-12-18/h5,7,9-10,13-14,18H,3-4,6,8,11-12,15H2,1-2H3,(H,32,35). The van der Waals surface area contributed by atoms with Gasteiger partial charge in [-0.1, -0.05) is 35.9 Å². The summed E-state index contributed by atoms with van der Waals surface area (Å²) in [5, 5.41) is 9.44. The highest BCUT2D eigenvalue weighted by Gasteiger charge is 2.38. The summed E-state index contributed by atoms with van der Waals surface area (Å²) in [4.78, 5) is 12.8. The first-order valence-electron chi connectivity index (χ1n) is 12.7. The quantitative estimate of drug-likeness (QED) is 0.434. The number of nitrogens with zero attached hydrogens (tertiary/aromatic N) is 2. The average molecular weight is 544 g/mol. The van der Waals surface area contributed by atoms with Crippen LogP contribution in [-0.4, -0.2) is 31.1 Å². The van der Waals surface area contributed by atoms with Crippen LogP contribution in [0, 0.1) is 19.7 Å². The zero-order valence-corrected chi connectivity index (χ0v) is 22.0. The maximum absolute atomic E-state index is 15.3. The van der Waals surface area contributed by atoms with Crippen LogP contribution in [-0.2, 0) is 28.6 Å². The molecule has 3 aromatic rings. The third-order valence-corrected chi connectivity index (χ3v) is 8.93. The number of rotatable bonds is 7.